The molecule has 0 aliphatic carbocycles. The number of rotatable bonds is 3. The molecular formula is C14H19NO. The summed E-state index contributed by atoms with van der Waals surface area (Å²) in [6.07, 6.45) is 0.445. The van der Waals surface area contributed by atoms with Crippen molar-refractivity contribution < 1.29 is 5.11 Å². The molecule has 0 amide bonds. The first kappa shape index (κ1) is 11.2. The minimum absolute atomic E-state index is 0.282. The summed E-state index contributed by atoms with van der Waals surface area (Å²) in [4.78, 5) is 0. The maximum Gasteiger partial charge on any atom is 0.0552 e. The summed E-state index contributed by atoms with van der Waals surface area (Å²) in [7, 11) is 0. The minimum Gasteiger partial charge on any atom is -0.393 e. The number of aryl methyl sites for hydroxylation is 2. The second-order valence-corrected chi connectivity index (χ2v) is 4.43. The van der Waals surface area contributed by atoms with Crippen LogP contribution >= 0.6 is 0 Å². The van der Waals surface area contributed by atoms with E-state index in [9.17, 15) is 5.11 Å². The van der Waals surface area contributed by atoms with E-state index >= 15 is 0 Å². The number of aliphatic hydroxyl groups is 1. The third kappa shape index (κ3) is 1.85. The highest BCUT2D eigenvalue weighted by atomic mass is 16.3. The lowest BCUT2D eigenvalue weighted by Gasteiger charge is -2.07. The van der Waals surface area contributed by atoms with Crippen LogP contribution in [0.2, 0.25) is 0 Å². The van der Waals surface area contributed by atoms with E-state index in [2.05, 4.69) is 42.7 Å². The van der Waals surface area contributed by atoms with Crippen molar-refractivity contribution in [3.63, 3.8) is 0 Å². The van der Waals surface area contributed by atoms with Gasteiger partial charge in [-0.15, -0.1) is 0 Å². The van der Waals surface area contributed by atoms with Crippen LogP contribution in [0, 0.1) is 6.92 Å². The summed E-state index contributed by atoms with van der Waals surface area (Å²) in [6.45, 7) is 7.12. The van der Waals surface area contributed by atoms with Gasteiger partial charge in [0.1, 0.15) is 0 Å². The molecule has 1 unspecified atom stereocenters. The van der Waals surface area contributed by atoms with Crippen LogP contribution in [-0.4, -0.2) is 15.8 Å². The number of fused-ring (bicyclic) bond motifs is 1. The Bertz CT molecular complexity index is 497. The highest BCUT2D eigenvalue weighted by Crippen LogP contribution is 2.24. The van der Waals surface area contributed by atoms with E-state index in [-0.39, 0.29) is 6.10 Å². The normalized spacial score (nSPS) is 13.2. The molecule has 2 nitrogen and oxygen atoms in total. The Kier molecular flexibility index (Phi) is 3.01. The van der Waals surface area contributed by atoms with E-state index < -0.39 is 0 Å². The Labute approximate surface area is 96.5 Å². The number of hydrogen-bond donors (Lipinski definition) is 1. The van der Waals surface area contributed by atoms with Gasteiger partial charge in [0.2, 0.25) is 0 Å². The lowest BCUT2D eigenvalue weighted by Crippen LogP contribution is -2.04. The van der Waals surface area contributed by atoms with Gasteiger partial charge in [0.05, 0.1) is 6.10 Å². The largest absolute Gasteiger partial charge is 0.393 e. The lowest BCUT2D eigenvalue weighted by atomic mass is 10.0. The minimum atomic E-state index is -0.282. The number of hydrogen-bond acceptors (Lipinski definition) is 1. The summed E-state index contributed by atoms with van der Waals surface area (Å²) in [5.74, 6) is 0. The molecule has 1 aromatic heterocycles. The van der Waals surface area contributed by atoms with Crippen molar-refractivity contribution in [2.24, 2.45) is 0 Å². The molecule has 0 fully saturated rings. The molecule has 0 aliphatic heterocycles. The summed E-state index contributed by atoms with van der Waals surface area (Å²) < 4.78 is 2.31. The Morgan fingerprint density at radius 1 is 1.38 bits per heavy atom. The summed E-state index contributed by atoms with van der Waals surface area (Å²) in [5.41, 5.74) is 3.80. The molecule has 1 N–H and O–H groups in total. The van der Waals surface area contributed by atoms with Crippen LogP contribution in [0.1, 0.15) is 25.1 Å². The van der Waals surface area contributed by atoms with Gasteiger partial charge in [-0.3, -0.25) is 0 Å². The molecule has 1 heterocycles. The lowest BCUT2D eigenvalue weighted by molar-refractivity contribution is 0.196. The molecule has 1 aromatic carbocycles. The first-order valence-electron chi connectivity index (χ1n) is 5.89. The third-order valence-corrected chi connectivity index (χ3v) is 3.07. The zero-order chi connectivity index (χ0) is 11.7. The predicted molar refractivity (Wildman–Crippen MR) is 67.7 cm³/mol. The van der Waals surface area contributed by atoms with Crippen LogP contribution in [-0.2, 0) is 13.0 Å². The van der Waals surface area contributed by atoms with Crippen molar-refractivity contribution in [1.82, 2.24) is 4.57 Å². The third-order valence-electron chi connectivity index (χ3n) is 3.07. The van der Waals surface area contributed by atoms with Gasteiger partial charge in [-0.05, 0) is 44.9 Å². The molecule has 0 aliphatic rings. The van der Waals surface area contributed by atoms with Crippen LogP contribution in [0.15, 0.2) is 24.3 Å². The molecule has 0 spiro atoms. The molecule has 0 saturated heterocycles. The molecule has 16 heavy (non-hydrogen) atoms. The fraction of sp³-hybridized carbons (Fsp3) is 0.429. The fourth-order valence-electron chi connectivity index (χ4n) is 2.39. The predicted octanol–water partition coefficient (Wildman–Crippen LogP) is 2.89. The van der Waals surface area contributed by atoms with Gasteiger partial charge >= 0.3 is 0 Å². The van der Waals surface area contributed by atoms with Crippen molar-refractivity contribution in [3.8, 4) is 0 Å². The highest BCUT2D eigenvalue weighted by molar-refractivity contribution is 5.84. The Morgan fingerprint density at radius 3 is 2.75 bits per heavy atom. The Morgan fingerprint density at radius 2 is 2.12 bits per heavy atom. The summed E-state index contributed by atoms with van der Waals surface area (Å²) >= 11 is 0. The summed E-state index contributed by atoms with van der Waals surface area (Å²) in [6, 6.07) is 8.55. The zero-order valence-corrected chi connectivity index (χ0v) is 10.2. The van der Waals surface area contributed by atoms with E-state index in [4.69, 9.17) is 0 Å². The molecule has 0 saturated carbocycles. The van der Waals surface area contributed by atoms with Crippen LogP contribution in [0.4, 0.5) is 0 Å². The molecule has 1 atom stereocenters. The van der Waals surface area contributed by atoms with E-state index in [1.54, 1.807) is 0 Å². The van der Waals surface area contributed by atoms with Crippen LogP contribution in [0.5, 0.6) is 0 Å². The summed E-state index contributed by atoms with van der Waals surface area (Å²) in [5, 5.41) is 10.8. The Hall–Kier alpha value is -1.28. The second-order valence-electron chi connectivity index (χ2n) is 4.43. The van der Waals surface area contributed by atoms with E-state index in [1.165, 1.54) is 22.2 Å². The number of aromatic nitrogens is 1. The molecule has 2 rings (SSSR count). The quantitative estimate of drug-likeness (QED) is 0.840. The maximum atomic E-state index is 9.49. The van der Waals surface area contributed by atoms with Crippen molar-refractivity contribution >= 4 is 10.9 Å². The van der Waals surface area contributed by atoms with Crippen molar-refractivity contribution in [3.05, 3.63) is 35.5 Å². The number of nitrogens with zero attached hydrogens (tertiary/aromatic N) is 1. The molecule has 86 valence electrons. The van der Waals surface area contributed by atoms with Gasteiger partial charge in [-0.25, -0.2) is 0 Å². The van der Waals surface area contributed by atoms with Gasteiger partial charge in [0, 0.05) is 23.1 Å². The van der Waals surface area contributed by atoms with Crippen molar-refractivity contribution in [2.75, 3.05) is 0 Å². The van der Waals surface area contributed by atoms with E-state index in [0.717, 1.165) is 13.0 Å². The molecule has 0 radical (unpaired) electrons. The second kappa shape index (κ2) is 4.30. The van der Waals surface area contributed by atoms with Crippen molar-refractivity contribution in [1.29, 1.82) is 0 Å². The fourth-order valence-corrected chi connectivity index (χ4v) is 2.39. The van der Waals surface area contributed by atoms with Gasteiger partial charge < -0.3 is 9.67 Å². The van der Waals surface area contributed by atoms with Crippen LogP contribution in [0.25, 0.3) is 10.9 Å². The maximum absolute atomic E-state index is 9.49. The zero-order valence-electron chi connectivity index (χ0n) is 10.2. The monoisotopic (exact) mass is 217 g/mol. The van der Waals surface area contributed by atoms with Gasteiger partial charge in [0.25, 0.3) is 0 Å². The number of benzene rings is 1. The molecule has 2 aromatic rings. The molecule has 0 bridgehead atoms. The standard InChI is InChI=1S/C14H19NO/c1-4-15-10(2)8-13-12(9-11(3)16)6-5-7-14(13)15/h5-8,11,16H,4,9H2,1-3H3. The van der Waals surface area contributed by atoms with Gasteiger partial charge in [0.15, 0.2) is 0 Å². The van der Waals surface area contributed by atoms with E-state index in [0.29, 0.717) is 0 Å². The van der Waals surface area contributed by atoms with Crippen molar-refractivity contribution in [2.45, 2.75) is 39.8 Å². The molecule has 2 heteroatoms. The SMILES string of the molecule is CCn1c(C)cc2c(CC(C)O)cccc21. The van der Waals surface area contributed by atoms with Gasteiger partial charge in [-0.2, -0.15) is 0 Å². The topological polar surface area (TPSA) is 25.2 Å². The Balaban J connectivity index is 2.60. The number of aliphatic hydroxyl groups excluding tert-OH is 1. The molecular weight excluding hydrogens is 198 g/mol. The average Bonchev–Trinajstić information content (AvgIpc) is 2.54. The van der Waals surface area contributed by atoms with E-state index in [1.807, 2.05) is 6.92 Å². The smallest absolute Gasteiger partial charge is 0.0552 e. The first-order valence-corrected chi connectivity index (χ1v) is 5.89. The highest BCUT2D eigenvalue weighted by Gasteiger charge is 2.09. The van der Waals surface area contributed by atoms with Crippen LogP contribution in [0.3, 0.4) is 0 Å². The van der Waals surface area contributed by atoms with Crippen LogP contribution < -0.4 is 0 Å². The first-order chi connectivity index (χ1) is 7.63. The van der Waals surface area contributed by atoms with Gasteiger partial charge in [-0.1, -0.05) is 12.1 Å². The average molecular weight is 217 g/mol.